The number of thiophene rings is 2. The Morgan fingerprint density at radius 3 is 1.52 bits per heavy atom. The van der Waals surface area contributed by atoms with Crippen LogP contribution in [0, 0.1) is 0 Å². The van der Waals surface area contributed by atoms with Crippen molar-refractivity contribution in [3.8, 4) is 45.0 Å². The first-order valence-electron chi connectivity index (χ1n) is 14.7. The van der Waals surface area contributed by atoms with E-state index in [0.29, 0.717) is 0 Å². The molecule has 206 valence electrons. The lowest BCUT2D eigenvalue weighted by Gasteiger charge is -2.13. The van der Waals surface area contributed by atoms with E-state index >= 15 is 0 Å². The summed E-state index contributed by atoms with van der Waals surface area (Å²) in [6.07, 6.45) is 0. The van der Waals surface area contributed by atoms with Crippen molar-refractivity contribution in [1.82, 2.24) is 9.97 Å². The number of fused-ring (bicyclic) bond motifs is 6. The zero-order valence-corrected chi connectivity index (χ0v) is 25.2. The molecule has 0 saturated carbocycles. The van der Waals surface area contributed by atoms with Crippen molar-refractivity contribution in [3.63, 3.8) is 0 Å². The van der Waals surface area contributed by atoms with Gasteiger partial charge in [0.25, 0.3) is 0 Å². The normalized spacial score (nSPS) is 11.6. The molecule has 0 amide bonds. The molecular weight excluding hydrogens is 573 g/mol. The maximum atomic E-state index is 5.34. The molecule has 3 aromatic heterocycles. The Morgan fingerprint density at radius 2 is 0.841 bits per heavy atom. The Morgan fingerprint density at radius 1 is 0.364 bits per heavy atom. The van der Waals surface area contributed by atoms with Crippen molar-refractivity contribution in [2.45, 2.75) is 0 Å². The van der Waals surface area contributed by atoms with Crippen LogP contribution in [0.25, 0.3) is 85.4 Å². The third kappa shape index (κ3) is 4.07. The van der Waals surface area contributed by atoms with Gasteiger partial charge >= 0.3 is 0 Å². The van der Waals surface area contributed by atoms with Gasteiger partial charge in [0.15, 0.2) is 5.82 Å². The maximum Gasteiger partial charge on any atom is 0.161 e. The molecule has 9 rings (SSSR count). The molecule has 44 heavy (non-hydrogen) atoms. The number of benzene rings is 6. The quantitative estimate of drug-likeness (QED) is 0.202. The Balaban J connectivity index is 1.35. The third-order valence-corrected chi connectivity index (χ3v) is 10.8. The number of rotatable bonds is 4. The lowest BCUT2D eigenvalue weighted by atomic mass is 9.96. The summed E-state index contributed by atoms with van der Waals surface area (Å²) in [5.74, 6) is 0.746. The van der Waals surface area contributed by atoms with E-state index in [2.05, 4.69) is 146 Å². The molecule has 6 aromatic carbocycles. The summed E-state index contributed by atoms with van der Waals surface area (Å²) in [6, 6.07) is 51.7. The first-order valence-corrected chi connectivity index (χ1v) is 16.3. The molecule has 9 aromatic rings. The van der Waals surface area contributed by atoms with E-state index < -0.39 is 0 Å². The highest BCUT2D eigenvalue weighted by molar-refractivity contribution is 7.26. The number of nitrogens with zero attached hydrogens (tertiary/aromatic N) is 2. The predicted molar refractivity (Wildman–Crippen MR) is 190 cm³/mol. The fourth-order valence-electron chi connectivity index (χ4n) is 6.29. The molecule has 0 saturated heterocycles. The van der Waals surface area contributed by atoms with Crippen LogP contribution in [0.1, 0.15) is 0 Å². The summed E-state index contributed by atoms with van der Waals surface area (Å²) in [6.45, 7) is 0. The number of hydrogen-bond donors (Lipinski definition) is 0. The lowest BCUT2D eigenvalue weighted by Crippen LogP contribution is -1.97. The summed E-state index contributed by atoms with van der Waals surface area (Å²) < 4.78 is 5.03. The van der Waals surface area contributed by atoms with Gasteiger partial charge in [-0.25, -0.2) is 9.97 Å². The molecule has 0 unspecified atom stereocenters. The van der Waals surface area contributed by atoms with Crippen LogP contribution < -0.4 is 0 Å². The second-order valence-electron chi connectivity index (χ2n) is 10.9. The van der Waals surface area contributed by atoms with E-state index in [1.165, 1.54) is 45.9 Å². The molecule has 0 fully saturated rings. The summed E-state index contributed by atoms with van der Waals surface area (Å²) >= 11 is 3.65. The van der Waals surface area contributed by atoms with Crippen molar-refractivity contribution in [3.05, 3.63) is 146 Å². The largest absolute Gasteiger partial charge is 0.228 e. The van der Waals surface area contributed by atoms with Crippen molar-refractivity contribution in [2.75, 3.05) is 0 Å². The molecule has 4 heteroatoms. The van der Waals surface area contributed by atoms with Crippen LogP contribution in [0.5, 0.6) is 0 Å². The molecule has 0 radical (unpaired) electrons. The molecule has 0 N–H and O–H groups in total. The second kappa shape index (κ2) is 10.2. The van der Waals surface area contributed by atoms with Crippen molar-refractivity contribution in [1.29, 1.82) is 0 Å². The molecule has 3 heterocycles. The van der Waals surface area contributed by atoms with E-state index in [9.17, 15) is 0 Å². The van der Waals surface area contributed by atoms with Crippen LogP contribution >= 0.6 is 22.7 Å². The van der Waals surface area contributed by atoms with Gasteiger partial charge < -0.3 is 0 Å². The smallest absolute Gasteiger partial charge is 0.161 e. The minimum atomic E-state index is 0.746. The van der Waals surface area contributed by atoms with Crippen LogP contribution in [-0.4, -0.2) is 9.97 Å². The highest BCUT2D eigenvalue weighted by Gasteiger charge is 2.19. The van der Waals surface area contributed by atoms with Gasteiger partial charge in [-0.2, -0.15) is 0 Å². The fraction of sp³-hybridized carbons (Fsp3) is 0. The maximum absolute atomic E-state index is 5.34. The Hall–Kier alpha value is -5.16. The lowest BCUT2D eigenvalue weighted by molar-refractivity contribution is 1.19. The standard InChI is InChI=1S/C40H24N2S2/c1-2-12-25(13-3-1)26-14-4-5-15-27(26)34-24-35(32-20-10-18-30-28-16-6-8-22-36(28)43-38(30)32)42-40(41-34)33-21-11-19-31-29-17-7-9-23-37(29)44-39(31)33/h1-24H. The zero-order valence-electron chi connectivity index (χ0n) is 23.6. The van der Waals surface area contributed by atoms with Gasteiger partial charge in [-0.1, -0.05) is 121 Å². The minimum absolute atomic E-state index is 0.746. The minimum Gasteiger partial charge on any atom is -0.228 e. The van der Waals surface area contributed by atoms with Gasteiger partial charge in [-0.15, -0.1) is 22.7 Å². The highest BCUT2D eigenvalue weighted by Crippen LogP contribution is 2.43. The van der Waals surface area contributed by atoms with Gasteiger partial charge in [0.1, 0.15) is 0 Å². The van der Waals surface area contributed by atoms with Gasteiger partial charge in [0.2, 0.25) is 0 Å². The number of hydrogen-bond acceptors (Lipinski definition) is 4. The highest BCUT2D eigenvalue weighted by atomic mass is 32.1. The fourth-order valence-corrected chi connectivity index (χ4v) is 8.73. The summed E-state index contributed by atoms with van der Waals surface area (Å²) in [7, 11) is 0. The van der Waals surface area contributed by atoms with Crippen LogP contribution in [0.2, 0.25) is 0 Å². The summed E-state index contributed by atoms with van der Waals surface area (Å²) in [4.78, 5) is 10.7. The average Bonchev–Trinajstić information content (AvgIpc) is 3.67. The average molecular weight is 597 g/mol. The first kappa shape index (κ1) is 25.3. The molecule has 0 spiro atoms. The topological polar surface area (TPSA) is 25.8 Å². The van der Waals surface area contributed by atoms with Crippen molar-refractivity contribution < 1.29 is 0 Å². The molecule has 0 bridgehead atoms. The molecule has 0 atom stereocenters. The van der Waals surface area contributed by atoms with E-state index in [-0.39, 0.29) is 0 Å². The van der Waals surface area contributed by atoms with Gasteiger partial charge in [0.05, 0.1) is 11.4 Å². The Labute approximate surface area is 262 Å². The Kier molecular flexibility index (Phi) is 5.90. The van der Waals surface area contributed by atoms with Crippen LogP contribution in [-0.2, 0) is 0 Å². The molecule has 0 aliphatic carbocycles. The molecule has 0 aliphatic rings. The van der Waals surface area contributed by atoms with E-state index in [1.54, 1.807) is 0 Å². The predicted octanol–water partition coefficient (Wildman–Crippen LogP) is 11.9. The molecular formula is C40H24N2S2. The van der Waals surface area contributed by atoms with E-state index in [1.807, 2.05) is 22.7 Å². The summed E-state index contributed by atoms with van der Waals surface area (Å²) in [5, 5.41) is 5.07. The third-order valence-electron chi connectivity index (χ3n) is 8.34. The van der Waals surface area contributed by atoms with Crippen molar-refractivity contribution in [2.24, 2.45) is 0 Å². The van der Waals surface area contributed by atoms with E-state index in [4.69, 9.17) is 9.97 Å². The second-order valence-corrected chi connectivity index (χ2v) is 13.0. The van der Waals surface area contributed by atoms with Crippen LogP contribution in [0.3, 0.4) is 0 Å². The Bertz CT molecular complexity index is 2370. The van der Waals surface area contributed by atoms with Crippen LogP contribution in [0.4, 0.5) is 0 Å². The number of aromatic nitrogens is 2. The van der Waals surface area contributed by atoms with Gasteiger partial charge in [0, 0.05) is 57.0 Å². The molecule has 2 nitrogen and oxygen atoms in total. The van der Waals surface area contributed by atoms with Crippen LogP contribution in [0.15, 0.2) is 146 Å². The van der Waals surface area contributed by atoms with Gasteiger partial charge in [-0.3, -0.25) is 0 Å². The first-order chi connectivity index (χ1) is 21.8. The zero-order chi connectivity index (χ0) is 29.0. The van der Waals surface area contributed by atoms with Crippen molar-refractivity contribution >= 4 is 63.0 Å². The monoisotopic (exact) mass is 596 g/mol. The van der Waals surface area contributed by atoms with E-state index in [0.717, 1.165) is 39.5 Å². The molecule has 0 aliphatic heterocycles. The summed E-state index contributed by atoms with van der Waals surface area (Å²) in [5.41, 5.74) is 7.47. The SMILES string of the molecule is c1ccc(-c2ccccc2-c2cc(-c3cccc4c3sc3ccccc34)nc(-c3cccc4c3sc3ccccc34)n2)cc1. The van der Waals surface area contributed by atoms with Gasteiger partial charge in [-0.05, 0) is 35.4 Å².